The molecule has 90 heavy (non-hydrogen) atoms. The Bertz CT molecular complexity index is 3910. The number of aromatic nitrogens is 2. The summed E-state index contributed by atoms with van der Waals surface area (Å²) in [7, 11) is 0. The molecule has 4 aliphatic heterocycles. The summed E-state index contributed by atoms with van der Waals surface area (Å²) in [5, 5.41) is 26.3. The van der Waals surface area contributed by atoms with Gasteiger partial charge in [0, 0.05) is 99.1 Å². The van der Waals surface area contributed by atoms with Gasteiger partial charge < -0.3 is 60.3 Å². The van der Waals surface area contributed by atoms with Crippen LogP contribution in [0.4, 0.5) is 27.5 Å². The van der Waals surface area contributed by atoms with Crippen LogP contribution in [0.5, 0.6) is 0 Å². The highest BCUT2D eigenvalue weighted by molar-refractivity contribution is 7.08. The van der Waals surface area contributed by atoms with E-state index in [1.165, 1.54) is 0 Å². The van der Waals surface area contributed by atoms with Gasteiger partial charge >= 0.3 is 6.09 Å². The number of fused-ring (bicyclic) bond motifs is 4. The third-order valence-electron chi connectivity index (χ3n) is 16.5. The van der Waals surface area contributed by atoms with Crippen LogP contribution in [0.1, 0.15) is 101 Å². The maximum absolute atomic E-state index is 14.3. The molecular weight excluding hydrogens is 1180 g/mol. The molecule has 6 N–H and O–H groups in total. The average molecular weight is 1260 g/mol. The van der Waals surface area contributed by atoms with Crippen LogP contribution in [0.3, 0.4) is 0 Å². The van der Waals surface area contributed by atoms with Crippen LogP contribution in [0.2, 0.25) is 0 Å². The lowest BCUT2D eigenvalue weighted by Gasteiger charge is -2.37. The van der Waals surface area contributed by atoms with Gasteiger partial charge in [0.1, 0.15) is 23.7 Å². The third kappa shape index (κ3) is 14.3. The SMILES string of the molecule is CCO.CCn1cc(C[C@@H](N)C(=O)NC2Cc3cccc(N4CCCC4=O)c3N(Cc3ccsc3)C2=O)c2ccccc21.CCn1cc(C[C@@H](NC(=O)OC(C)(C)C)C(=O)NC2Cc3cccc(N4CCCC4=O)c3N(Cc3ccsc3)C2=O)c2ccccc21. The van der Waals surface area contributed by atoms with Crippen molar-refractivity contribution in [2.45, 2.75) is 149 Å². The van der Waals surface area contributed by atoms with E-state index in [1.54, 1.807) is 70.0 Å². The van der Waals surface area contributed by atoms with Crippen LogP contribution < -0.4 is 41.3 Å². The van der Waals surface area contributed by atoms with E-state index in [-0.39, 0.29) is 49.0 Å². The molecule has 12 rings (SSSR count). The minimum atomic E-state index is -1.01. The standard InChI is InChI=1S/C36H41N5O5S.C31H33N5O3S.C2H6O/c1-5-39-21-25(26-11-6-7-12-29(26)39)19-27(38-35(45)46-36(2,3)4)33(43)37-28-18-24-10-8-13-30(40-16-9-14-31(40)42)32(24)41(34(28)44)20-23-15-17-47-22-23;1-2-34-18-22(23-8-3-4-9-26(23)34)15-24(32)30(38)33-25-16-21-7-5-10-27(35-13-6-11-28(35)37)29(21)36(31(25)39)17-20-12-14-40-19-20;1-2-3/h6-8,10-13,15,17,21-22,27-28H,5,9,14,16,18-20H2,1-4H3,(H,37,43)(H,38,45);3-5,7-10,12,14,18-19,24-25H,2,6,11,13,15-17,32H2,1H3,(H,33,38);3H,2H2,1H3/t27-,28?;24-,25?;/m11./s1. The molecule has 0 spiro atoms. The number of nitrogens with one attached hydrogen (secondary N) is 3. The van der Waals surface area contributed by atoms with Gasteiger partial charge in [-0.1, -0.05) is 60.7 Å². The zero-order valence-corrected chi connectivity index (χ0v) is 53.5. The van der Waals surface area contributed by atoms with Crippen LogP contribution >= 0.6 is 22.7 Å². The number of ether oxygens (including phenoxy) is 1. The number of carbonyl (C=O) groups excluding carboxylic acids is 7. The third-order valence-corrected chi connectivity index (χ3v) is 18.0. The number of benzene rings is 4. The summed E-state index contributed by atoms with van der Waals surface area (Å²) in [4.78, 5) is 101. The lowest BCUT2D eigenvalue weighted by molar-refractivity contribution is -0.129. The number of aliphatic hydroxyl groups is 1. The molecule has 4 aromatic heterocycles. The average Bonchev–Trinajstić information content (AvgIpc) is 0.833. The number of carbonyl (C=O) groups is 7. The first kappa shape index (κ1) is 64.4. The number of nitrogens with zero attached hydrogens (tertiary/aromatic N) is 6. The second-order valence-corrected chi connectivity index (χ2v) is 25.5. The monoisotopic (exact) mass is 1260 g/mol. The molecule has 4 aliphatic rings. The molecule has 4 aromatic carbocycles. The number of amides is 7. The lowest BCUT2D eigenvalue weighted by atomic mass is 9.94. The zero-order chi connectivity index (χ0) is 63.8. The Kier molecular flexibility index (Phi) is 20.4. The van der Waals surface area contributed by atoms with Gasteiger partial charge in [0.15, 0.2) is 0 Å². The maximum atomic E-state index is 14.3. The fourth-order valence-electron chi connectivity index (χ4n) is 12.5. The van der Waals surface area contributed by atoms with Crippen LogP contribution in [0.15, 0.2) is 131 Å². The molecule has 21 heteroatoms. The molecule has 8 aromatic rings. The van der Waals surface area contributed by atoms with E-state index in [9.17, 15) is 33.6 Å². The number of aryl methyl sites for hydroxylation is 2. The minimum absolute atomic E-state index is 0.0391. The van der Waals surface area contributed by atoms with Gasteiger partial charge in [0.05, 0.1) is 41.9 Å². The van der Waals surface area contributed by atoms with Gasteiger partial charge in [-0.2, -0.15) is 22.7 Å². The first-order valence-electron chi connectivity index (χ1n) is 31.0. The highest BCUT2D eigenvalue weighted by atomic mass is 32.1. The molecule has 8 heterocycles. The molecule has 2 saturated heterocycles. The van der Waals surface area contributed by atoms with Crippen LogP contribution in [0, 0.1) is 0 Å². The van der Waals surface area contributed by atoms with Crippen LogP contribution in [0.25, 0.3) is 21.8 Å². The Hall–Kier alpha value is -8.63. The Labute approximate surface area is 532 Å². The fourth-order valence-corrected chi connectivity index (χ4v) is 13.8. The second-order valence-electron chi connectivity index (χ2n) is 24.0. The molecule has 0 radical (unpaired) electrons. The normalized spacial score (nSPS) is 17.1. The summed E-state index contributed by atoms with van der Waals surface area (Å²) in [6.07, 6.45) is 7.08. The summed E-state index contributed by atoms with van der Waals surface area (Å²) in [6, 6.07) is 28.2. The first-order valence-corrected chi connectivity index (χ1v) is 32.9. The Balaban J connectivity index is 0.000000192. The van der Waals surface area contributed by atoms with Gasteiger partial charge in [0.25, 0.3) is 0 Å². The van der Waals surface area contributed by atoms with E-state index in [4.69, 9.17) is 15.6 Å². The molecule has 0 aliphatic carbocycles. The summed E-state index contributed by atoms with van der Waals surface area (Å²) in [5.41, 5.74) is 16.4. The Morgan fingerprint density at radius 3 is 1.51 bits per heavy atom. The number of anilines is 4. The molecular formula is C69H80N10O9S2. The van der Waals surface area contributed by atoms with Gasteiger partial charge in [-0.3, -0.25) is 28.8 Å². The van der Waals surface area contributed by atoms with Crippen molar-refractivity contribution in [2.24, 2.45) is 5.73 Å². The number of thiophene rings is 2. The first-order chi connectivity index (χ1) is 43.4. The summed E-state index contributed by atoms with van der Waals surface area (Å²) < 4.78 is 9.80. The van der Waals surface area contributed by atoms with Gasteiger partial charge in [0.2, 0.25) is 35.4 Å². The number of aliphatic hydroxyl groups excluding tert-OH is 1. The van der Waals surface area contributed by atoms with E-state index >= 15 is 0 Å². The van der Waals surface area contributed by atoms with Crippen molar-refractivity contribution in [1.29, 1.82) is 0 Å². The molecule has 0 saturated carbocycles. The largest absolute Gasteiger partial charge is 0.444 e. The van der Waals surface area contributed by atoms with Crippen molar-refractivity contribution in [3.63, 3.8) is 0 Å². The minimum Gasteiger partial charge on any atom is -0.444 e. The van der Waals surface area contributed by atoms with Crippen molar-refractivity contribution in [2.75, 3.05) is 39.3 Å². The number of hydrogen-bond acceptors (Lipinski definition) is 12. The second kappa shape index (κ2) is 28.5. The Morgan fingerprint density at radius 1 is 0.633 bits per heavy atom. The van der Waals surface area contributed by atoms with E-state index in [1.807, 2.05) is 119 Å². The van der Waals surface area contributed by atoms with Crippen molar-refractivity contribution in [1.82, 2.24) is 25.1 Å². The molecule has 2 unspecified atom stereocenters. The molecule has 4 atom stereocenters. The molecule has 7 amide bonds. The van der Waals surface area contributed by atoms with Crippen molar-refractivity contribution in [3.05, 3.63) is 164 Å². The molecule has 0 bridgehead atoms. The Morgan fingerprint density at radius 2 is 1.09 bits per heavy atom. The van der Waals surface area contributed by atoms with Crippen LogP contribution in [-0.2, 0) is 85.4 Å². The van der Waals surface area contributed by atoms with Gasteiger partial charge in [-0.25, -0.2) is 4.79 Å². The predicted molar refractivity (Wildman–Crippen MR) is 355 cm³/mol. The number of rotatable bonds is 17. The van der Waals surface area contributed by atoms with Gasteiger partial charge in [-0.05, 0) is 152 Å². The molecule has 2 fully saturated rings. The van der Waals surface area contributed by atoms with E-state index in [2.05, 4.69) is 51.2 Å². The van der Waals surface area contributed by atoms with E-state index in [0.29, 0.717) is 57.5 Å². The van der Waals surface area contributed by atoms with Crippen molar-refractivity contribution >= 4 is 109 Å². The number of alkyl carbamates (subject to hydrolysis) is 1. The van der Waals surface area contributed by atoms with Crippen molar-refractivity contribution in [3.8, 4) is 0 Å². The summed E-state index contributed by atoms with van der Waals surface area (Å²) >= 11 is 3.11. The smallest absolute Gasteiger partial charge is 0.408 e. The summed E-state index contributed by atoms with van der Waals surface area (Å²) in [6.45, 7) is 14.8. The fraction of sp³-hybridized carbons (Fsp3) is 0.377. The number of nitrogens with two attached hydrogens (primary N) is 1. The maximum Gasteiger partial charge on any atom is 0.408 e. The highest BCUT2D eigenvalue weighted by Gasteiger charge is 2.41. The van der Waals surface area contributed by atoms with Crippen LogP contribution in [-0.4, -0.2) is 105 Å². The molecule has 19 nitrogen and oxygen atoms in total. The summed E-state index contributed by atoms with van der Waals surface area (Å²) in [5.74, 6) is -1.18. The zero-order valence-electron chi connectivity index (χ0n) is 51.9. The molecule has 472 valence electrons. The predicted octanol–water partition coefficient (Wildman–Crippen LogP) is 9.55. The number of para-hydroxylation sites is 4. The highest BCUT2D eigenvalue weighted by Crippen LogP contribution is 2.42. The van der Waals surface area contributed by atoms with E-state index in [0.717, 1.165) is 98.2 Å². The topological polar surface area (TPSA) is 234 Å². The quantitative estimate of drug-likeness (QED) is 0.0579. The van der Waals surface area contributed by atoms with Crippen molar-refractivity contribution < 1.29 is 43.4 Å². The number of hydrogen-bond donors (Lipinski definition) is 5. The lowest BCUT2D eigenvalue weighted by Crippen LogP contribution is -2.57. The van der Waals surface area contributed by atoms with Gasteiger partial charge in [-0.15, -0.1) is 0 Å². The van der Waals surface area contributed by atoms with E-state index < -0.39 is 41.8 Å².